The van der Waals surface area contributed by atoms with E-state index in [0.717, 1.165) is 29.3 Å². The number of aromatic nitrogens is 2. The summed E-state index contributed by atoms with van der Waals surface area (Å²) in [6.07, 6.45) is 3.03. The number of carbonyl (C=O) groups is 1. The van der Waals surface area contributed by atoms with E-state index in [1.165, 1.54) is 24.2 Å². The lowest BCUT2D eigenvalue weighted by Gasteiger charge is -2.11. The van der Waals surface area contributed by atoms with Crippen molar-refractivity contribution in [2.45, 2.75) is 39.7 Å². The highest BCUT2D eigenvalue weighted by atomic mass is 16.5. The van der Waals surface area contributed by atoms with Gasteiger partial charge in [0.2, 0.25) is 0 Å². The molecule has 0 N–H and O–H groups in total. The molecular formula is C21H20N2O5. The number of esters is 1. The van der Waals surface area contributed by atoms with Crippen LogP contribution in [0.1, 0.15) is 44.7 Å². The Bertz CT molecular complexity index is 1240. The van der Waals surface area contributed by atoms with Crippen molar-refractivity contribution >= 4 is 16.9 Å². The Labute approximate surface area is 160 Å². The van der Waals surface area contributed by atoms with E-state index >= 15 is 0 Å². The molecule has 0 fully saturated rings. The Balaban J connectivity index is 1.69. The molecular weight excluding hydrogens is 360 g/mol. The Morgan fingerprint density at radius 1 is 1.18 bits per heavy atom. The third kappa shape index (κ3) is 3.02. The molecule has 7 heteroatoms. The number of ether oxygens (including phenoxy) is 1. The number of rotatable bonds is 3. The summed E-state index contributed by atoms with van der Waals surface area (Å²) < 4.78 is 11.9. The van der Waals surface area contributed by atoms with Gasteiger partial charge < -0.3 is 9.15 Å². The molecule has 1 aromatic carbocycles. The first-order valence-corrected chi connectivity index (χ1v) is 9.15. The van der Waals surface area contributed by atoms with Gasteiger partial charge in [0.15, 0.2) is 0 Å². The van der Waals surface area contributed by atoms with Crippen LogP contribution >= 0.6 is 0 Å². The highest BCUT2D eigenvalue weighted by Gasteiger charge is 2.21. The molecule has 0 atom stereocenters. The standard InChI is InChI=1S/C21H20N2O5/c1-11-12(2)22-23(3)20(25)19(11)21(26)27-10-15-9-18(24)28-17-8-14-6-4-5-13(14)7-16(15)17/h7-9H,4-6,10H2,1-3H3. The van der Waals surface area contributed by atoms with E-state index in [2.05, 4.69) is 5.10 Å². The van der Waals surface area contributed by atoms with E-state index in [-0.39, 0.29) is 12.2 Å². The van der Waals surface area contributed by atoms with Crippen LogP contribution in [0.15, 0.2) is 32.2 Å². The number of hydrogen-bond acceptors (Lipinski definition) is 6. The normalized spacial score (nSPS) is 13.0. The lowest BCUT2D eigenvalue weighted by atomic mass is 10.0. The molecule has 4 rings (SSSR count). The van der Waals surface area contributed by atoms with Crippen LogP contribution in [0.4, 0.5) is 0 Å². The number of carbonyl (C=O) groups excluding carboxylic acids is 1. The summed E-state index contributed by atoms with van der Waals surface area (Å²) >= 11 is 0. The topological polar surface area (TPSA) is 91.4 Å². The lowest BCUT2D eigenvalue weighted by Crippen LogP contribution is -2.29. The minimum absolute atomic E-state index is 0.0387. The smallest absolute Gasteiger partial charge is 0.344 e. The van der Waals surface area contributed by atoms with Gasteiger partial charge in [-0.15, -0.1) is 0 Å². The molecule has 0 spiro atoms. The average Bonchev–Trinajstić information content (AvgIpc) is 3.10. The van der Waals surface area contributed by atoms with Gasteiger partial charge in [-0.2, -0.15) is 5.10 Å². The maximum atomic E-state index is 12.6. The Morgan fingerprint density at radius 3 is 2.64 bits per heavy atom. The summed E-state index contributed by atoms with van der Waals surface area (Å²) in [5, 5.41) is 4.82. The van der Waals surface area contributed by atoms with Crippen LogP contribution in [0.2, 0.25) is 0 Å². The third-order valence-electron chi connectivity index (χ3n) is 5.33. The van der Waals surface area contributed by atoms with Crippen LogP contribution in [0.3, 0.4) is 0 Å². The summed E-state index contributed by atoms with van der Waals surface area (Å²) in [5.41, 5.74) is 3.49. The van der Waals surface area contributed by atoms with Gasteiger partial charge >= 0.3 is 11.6 Å². The van der Waals surface area contributed by atoms with E-state index in [0.29, 0.717) is 22.4 Å². The second kappa shape index (κ2) is 6.74. The number of benzene rings is 1. The molecule has 1 aliphatic rings. The maximum Gasteiger partial charge on any atom is 0.344 e. The zero-order valence-corrected chi connectivity index (χ0v) is 16.0. The maximum absolute atomic E-state index is 12.6. The Kier molecular flexibility index (Phi) is 4.37. The van der Waals surface area contributed by atoms with Crippen LogP contribution in [0.25, 0.3) is 11.0 Å². The number of aryl methyl sites for hydroxylation is 4. The van der Waals surface area contributed by atoms with Gasteiger partial charge in [-0.25, -0.2) is 14.3 Å². The SMILES string of the molecule is Cc1nn(C)c(=O)c(C(=O)OCc2cc(=O)oc3cc4c(cc23)CCC4)c1C. The van der Waals surface area contributed by atoms with Crippen molar-refractivity contribution in [3.8, 4) is 0 Å². The van der Waals surface area contributed by atoms with Gasteiger partial charge in [0, 0.05) is 24.1 Å². The van der Waals surface area contributed by atoms with Crippen LogP contribution in [0, 0.1) is 13.8 Å². The number of nitrogens with zero attached hydrogens (tertiary/aromatic N) is 2. The fourth-order valence-electron chi connectivity index (χ4n) is 3.72. The lowest BCUT2D eigenvalue weighted by molar-refractivity contribution is 0.0469. The van der Waals surface area contributed by atoms with E-state index in [1.54, 1.807) is 13.8 Å². The Morgan fingerprint density at radius 2 is 1.89 bits per heavy atom. The van der Waals surface area contributed by atoms with Crippen molar-refractivity contribution < 1.29 is 13.9 Å². The van der Waals surface area contributed by atoms with Gasteiger partial charge in [-0.3, -0.25) is 4.79 Å². The minimum atomic E-state index is -0.730. The predicted molar refractivity (Wildman–Crippen MR) is 103 cm³/mol. The fraction of sp³-hybridized carbons (Fsp3) is 0.333. The monoisotopic (exact) mass is 380 g/mol. The van der Waals surface area contributed by atoms with E-state index in [9.17, 15) is 14.4 Å². The summed E-state index contributed by atoms with van der Waals surface area (Å²) in [5.74, 6) is -0.730. The summed E-state index contributed by atoms with van der Waals surface area (Å²) in [6, 6.07) is 5.24. The minimum Gasteiger partial charge on any atom is -0.457 e. The first-order chi connectivity index (χ1) is 13.3. The zero-order chi connectivity index (χ0) is 20.0. The highest BCUT2D eigenvalue weighted by molar-refractivity contribution is 5.91. The van der Waals surface area contributed by atoms with Crippen molar-refractivity contribution in [1.29, 1.82) is 0 Å². The first-order valence-electron chi connectivity index (χ1n) is 9.15. The van der Waals surface area contributed by atoms with Crippen molar-refractivity contribution in [2.75, 3.05) is 0 Å². The number of hydrogen-bond donors (Lipinski definition) is 0. The third-order valence-corrected chi connectivity index (χ3v) is 5.33. The molecule has 28 heavy (non-hydrogen) atoms. The van der Waals surface area contributed by atoms with Gasteiger partial charge in [0.05, 0.1) is 5.69 Å². The molecule has 0 bridgehead atoms. The summed E-state index contributed by atoms with van der Waals surface area (Å²) in [6.45, 7) is 3.27. The molecule has 2 aromatic heterocycles. The Hall–Kier alpha value is -3.22. The van der Waals surface area contributed by atoms with E-state index in [1.807, 2.05) is 12.1 Å². The van der Waals surface area contributed by atoms with Crippen LogP contribution < -0.4 is 11.2 Å². The fourth-order valence-corrected chi connectivity index (χ4v) is 3.72. The van der Waals surface area contributed by atoms with E-state index < -0.39 is 17.2 Å². The molecule has 0 radical (unpaired) electrons. The molecule has 144 valence electrons. The molecule has 7 nitrogen and oxygen atoms in total. The van der Waals surface area contributed by atoms with Crippen molar-refractivity contribution in [3.63, 3.8) is 0 Å². The molecule has 3 aromatic rings. The van der Waals surface area contributed by atoms with Gasteiger partial charge in [0.1, 0.15) is 17.8 Å². The molecule has 0 saturated heterocycles. The summed E-state index contributed by atoms with van der Waals surface area (Å²) in [4.78, 5) is 36.9. The van der Waals surface area contributed by atoms with Crippen LogP contribution in [0.5, 0.6) is 0 Å². The average molecular weight is 380 g/mol. The molecule has 0 unspecified atom stereocenters. The molecule has 0 aliphatic heterocycles. The van der Waals surface area contributed by atoms with E-state index in [4.69, 9.17) is 9.15 Å². The number of fused-ring (bicyclic) bond motifs is 2. The van der Waals surface area contributed by atoms with Crippen molar-refractivity contribution in [3.05, 3.63) is 72.5 Å². The summed E-state index contributed by atoms with van der Waals surface area (Å²) in [7, 11) is 1.49. The second-order valence-corrected chi connectivity index (χ2v) is 7.15. The van der Waals surface area contributed by atoms with Gasteiger partial charge in [-0.1, -0.05) is 0 Å². The predicted octanol–water partition coefficient (Wildman–Crippen LogP) is 2.35. The van der Waals surface area contributed by atoms with Gasteiger partial charge in [0.25, 0.3) is 5.56 Å². The second-order valence-electron chi connectivity index (χ2n) is 7.15. The van der Waals surface area contributed by atoms with Crippen molar-refractivity contribution in [1.82, 2.24) is 9.78 Å². The molecule has 0 saturated carbocycles. The van der Waals surface area contributed by atoms with Crippen LogP contribution in [-0.4, -0.2) is 15.7 Å². The molecule has 0 amide bonds. The largest absolute Gasteiger partial charge is 0.457 e. The quantitative estimate of drug-likeness (QED) is 0.512. The zero-order valence-electron chi connectivity index (χ0n) is 16.0. The van der Waals surface area contributed by atoms with Gasteiger partial charge in [-0.05, 0) is 61.9 Å². The van der Waals surface area contributed by atoms with Crippen molar-refractivity contribution in [2.24, 2.45) is 7.05 Å². The van der Waals surface area contributed by atoms with Crippen LogP contribution in [-0.2, 0) is 31.2 Å². The highest BCUT2D eigenvalue weighted by Crippen LogP contribution is 2.28. The molecule has 1 aliphatic carbocycles. The molecule has 2 heterocycles. The first kappa shape index (κ1) is 18.2.